The Balaban J connectivity index is 2.00. The maximum Gasteiger partial charge on any atom is 0.416 e. The van der Waals surface area contributed by atoms with E-state index in [9.17, 15) is 18.0 Å². The highest BCUT2D eigenvalue weighted by Crippen LogP contribution is 2.38. The highest BCUT2D eigenvalue weighted by Gasteiger charge is 2.31. The normalized spacial score (nSPS) is 11.6. The zero-order valence-electron chi connectivity index (χ0n) is 15.0. The molecule has 0 saturated heterocycles. The Morgan fingerprint density at radius 1 is 1.25 bits per heavy atom. The topological polar surface area (TPSA) is 65.7 Å². The Morgan fingerprint density at radius 3 is 2.71 bits per heavy atom. The zero-order chi connectivity index (χ0) is 20.3. The standard InChI is InChI=1S/C18H16F3N3O3S/c1-3-27-15(25)10-28-17-23-22-16(13-5-4-8-24(13)17)12-7-6-11(18(19,20)21)9-14(12)26-2/h4-9H,3,10H2,1-2H3. The minimum absolute atomic E-state index is 0.0409. The largest absolute Gasteiger partial charge is 0.496 e. The van der Waals surface area contributed by atoms with Crippen LogP contribution in [-0.2, 0) is 15.7 Å². The number of alkyl halides is 3. The van der Waals surface area contributed by atoms with Crippen LogP contribution in [-0.4, -0.2) is 40.0 Å². The van der Waals surface area contributed by atoms with Gasteiger partial charge >= 0.3 is 12.1 Å². The molecule has 1 aromatic carbocycles. The summed E-state index contributed by atoms with van der Waals surface area (Å²) in [6.07, 6.45) is -2.74. The zero-order valence-corrected chi connectivity index (χ0v) is 15.8. The molecule has 0 aliphatic carbocycles. The van der Waals surface area contributed by atoms with Crippen molar-refractivity contribution in [3.63, 3.8) is 0 Å². The molecule has 2 aromatic heterocycles. The van der Waals surface area contributed by atoms with E-state index < -0.39 is 11.7 Å². The molecule has 6 nitrogen and oxygen atoms in total. The van der Waals surface area contributed by atoms with Crippen molar-refractivity contribution >= 4 is 23.2 Å². The average molecular weight is 411 g/mol. The summed E-state index contributed by atoms with van der Waals surface area (Å²) in [6.45, 7) is 2.01. The monoisotopic (exact) mass is 411 g/mol. The van der Waals surface area contributed by atoms with Crippen LogP contribution < -0.4 is 4.74 Å². The first-order valence-corrected chi connectivity index (χ1v) is 9.21. The van der Waals surface area contributed by atoms with Crippen LogP contribution in [0.3, 0.4) is 0 Å². The lowest BCUT2D eigenvalue weighted by Crippen LogP contribution is -2.08. The molecular weight excluding hydrogens is 395 g/mol. The third-order valence-electron chi connectivity index (χ3n) is 3.84. The summed E-state index contributed by atoms with van der Waals surface area (Å²) >= 11 is 1.16. The second-order valence-corrected chi connectivity index (χ2v) is 6.54. The molecule has 148 valence electrons. The SMILES string of the molecule is CCOC(=O)CSc1nnc(-c2ccc(C(F)(F)F)cc2OC)c2cccn12. The van der Waals surface area contributed by atoms with E-state index in [1.807, 2.05) is 0 Å². The highest BCUT2D eigenvalue weighted by molar-refractivity contribution is 7.99. The number of thioether (sulfide) groups is 1. The third kappa shape index (κ3) is 4.06. The minimum atomic E-state index is -4.48. The Bertz CT molecular complexity index is 1000. The molecule has 0 N–H and O–H groups in total. The molecule has 0 aliphatic rings. The second-order valence-electron chi connectivity index (χ2n) is 5.60. The van der Waals surface area contributed by atoms with Gasteiger partial charge in [0.15, 0.2) is 5.16 Å². The van der Waals surface area contributed by atoms with E-state index in [1.165, 1.54) is 13.2 Å². The third-order valence-corrected chi connectivity index (χ3v) is 4.76. The summed E-state index contributed by atoms with van der Waals surface area (Å²) in [5.74, 6) is -0.263. The Morgan fingerprint density at radius 2 is 2.04 bits per heavy atom. The first kappa shape index (κ1) is 20.0. The number of hydrogen-bond acceptors (Lipinski definition) is 6. The van der Waals surface area contributed by atoms with Gasteiger partial charge in [-0.05, 0) is 37.3 Å². The van der Waals surface area contributed by atoms with Gasteiger partial charge in [0.05, 0.1) is 30.5 Å². The molecular formula is C18H16F3N3O3S. The van der Waals surface area contributed by atoms with Crippen molar-refractivity contribution in [3.05, 3.63) is 42.1 Å². The molecule has 3 aromatic rings. The fraction of sp³-hybridized carbons (Fsp3) is 0.278. The molecule has 0 amide bonds. The second kappa shape index (κ2) is 8.09. The fourth-order valence-corrected chi connectivity index (χ4v) is 3.34. The van der Waals surface area contributed by atoms with Gasteiger partial charge in [-0.25, -0.2) is 0 Å². The van der Waals surface area contributed by atoms with Gasteiger partial charge < -0.3 is 9.47 Å². The van der Waals surface area contributed by atoms with E-state index in [0.29, 0.717) is 21.9 Å². The number of esters is 1. The summed E-state index contributed by atoms with van der Waals surface area (Å²) in [4.78, 5) is 11.6. The van der Waals surface area contributed by atoms with Gasteiger partial charge in [-0.3, -0.25) is 9.20 Å². The van der Waals surface area contributed by atoms with Gasteiger partial charge in [0.25, 0.3) is 0 Å². The van der Waals surface area contributed by atoms with Gasteiger partial charge in [0, 0.05) is 11.8 Å². The van der Waals surface area contributed by atoms with E-state index in [1.54, 1.807) is 29.7 Å². The number of aromatic nitrogens is 3. The van der Waals surface area contributed by atoms with Crippen LogP contribution in [0.4, 0.5) is 13.2 Å². The molecule has 2 heterocycles. The summed E-state index contributed by atoms with van der Waals surface area (Å²) in [5.41, 5.74) is 0.568. The van der Waals surface area contributed by atoms with Crippen LogP contribution in [0, 0.1) is 0 Å². The lowest BCUT2D eigenvalue weighted by molar-refractivity contribution is -0.140. The number of halogens is 3. The first-order valence-electron chi connectivity index (χ1n) is 8.23. The number of rotatable bonds is 6. The van der Waals surface area contributed by atoms with Crippen LogP contribution in [0.1, 0.15) is 12.5 Å². The van der Waals surface area contributed by atoms with Gasteiger partial charge in [-0.2, -0.15) is 13.2 Å². The average Bonchev–Trinajstić information content (AvgIpc) is 3.15. The Kier molecular flexibility index (Phi) is 5.78. The van der Waals surface area contributed by atoms with Gasteiger partial charge in [-0.15, -0.1) is 10.2 Å². The molecule has 0 fully saturated rings. The summed E-state index contributed by atoms with van der Waals surface area (Å²) in [6, 6.07) is 6.73. The molecule has 10 heteroatoms. The summed E-state index contributed by atoms with van der Waals surface area (Å²) in [5, 5.41) is 8.75. The maximum atomic E-state index is 13.0. The van der Waals surface area contributed by atoms with Gasteiger partial charge in [0.1, 0.15) is 11.4 Å². The molecule has 0 radical (unpaired) electrons. The molecule has 0 spiro atoms. The summed E-state index contributed by atoms with van der Waals surface area (Å²) < 4.78 is 50.7. The molecule has 0 saturated carbocycles. The smallest absolute Gasteiger partial charge is 0.416 e. The molecule has 0 unspecified atom stereocenters. The van der Waals surface area contributed by atoms with E-state index >= 15 is 0 Å². The first-order chi connectivity index (χ1) is 13.3. The number of hydrogen-bond donors (Lipinski definition) is 0. The minimum Gasteiger partial charge on any atom is -0.496 e. The predicted octanol–water partition coefficient (Wildman–Crippen LogP) is 4.08. The molecule has 0 bridgehead atoms. The van der Waals surface area contributed by atoms with Crippen molar-refractivity contribution < 1.29 is 27.4 Å². The van der Waals surface area contributed by atoms with Crippen molar-refractivity contribution in [2.45, 2.75) is 18.3 Å². The molecule has 28 heavy (non-hydrogen) atoms. The van der Waals surface area contributed by atoms with Crippen molar-refractivity contribution in [1.29, 1.82) is 0 Å². The number of ether oxygens (including phenoxy) is 2. The molecule has 0 atom stereocenters. The van der Waals surface area contributed by atoms with Gasteiger partial charge in [-0.1, -0.05) is 11.8 Å². The van der Waals surface area contributed by atoms with Crippen LogP contribution >= 0.6 is 11.8 Å². The van der Waals surface area contributed by atoms with Crippen molar-refractivity contribution in [2.24, 2.45) is 0 Å². The van der Waals surface area contributed by atoms with Crippen LogP contribution in [0.2, 0.25) is 0 Å². The predicted molar refractivity (Wildman–Crippen MR) is 97.3 cm³/mol. The highest BCUT2D eigenvalue weighted by atomic mass is 32.2. The number of carbonyl (C=O) groups is 1. The van der Waals surface area contributed by atoms with E-state index in [-0.39, 0.29) is 24.1 Å². The van der Waals surface area contributed by atoms with Crippen LogP contribution in [0.5, 0.6) is 5.75 Å². The van der Waals surface area contributed by atoms with Crippen molar-refractivity contribution in [3.8, 4) is 17.0 Å². The summed E-state index contributed by atoms with van der Waals surface area (Å²) in [7, 11) is 1.30. The number of fused-ring (bicyclic) bond motifs is 1. The van der Waals surface area contributed by atoms with E-state index in [4.69, 9.17) is 9.47 Å². The quantitative estimate of drug-likeness (QED) is 0.450. The molecule has 0 aliphatic heterocycles. The maximum absolute atomic E-state index is 13.0. The molecule has 3 rings (SSSR count). The number of nitrogens with zero attached hydrogens (tertiary/aromatic N) is 3. The van der Waals surface area contributed by atoms with E-state index in [0.717, 1.165) is 23.9 Å². The van der Waals surface area contributed by atoms with Crippen molar-refractivity contribution in [2.75, 3.05) is 19.5 Å². The van der Waals surface area contributed by atoms with Crippen molar-refractivity contribution in [1.82, 2.24) is 14.6 Å². The lowest BCUT2D eigenvalue weighted by Gasteiger charge is -2.13. The number of methoxy groups -OCH3 is 1. The number of benzene rings is 1. The Hall–Kier alpha value is -2.75. The van der Waals surface area contributed by atoms with Crippen LogP contribution in [0.15, 0.2) is 41.7 Å². The number of carbonyl (C=O) groups excluding carboxylic acids is 1. The lowest BCUT2D eigenvalue weighted by atomic mass is 10.1. The fourth-order valence-electron chi connectivity index (χ4n) is 2.61. The van der Waals surface area contributed by atoms with Crippen LogP contribution in [0.25, 0.3) is 16.8 Å². The van der Waals surface area contributed by atoms with E-state index in [2.05, 4.69) is 10.2 Å². The Labute approximate surface area is 162 Å². The van der Waals surface area contributed by atoms with Gasteiger partial charge in [0.2, 0.25) is 0 Å².